The van der Waals surface area contributed by atoms with Gasteiger partial charge in [-0.05, 0) is 26.2 Å². The fraction of sp³-hybridized carbons (Fsp3) is 0.625. The second-order valence-electron chi connectivity index (χ2n) is 6.61. The van der Waals surface area contributed by atoms with Crippen molar-refractivity contribution in [3.8, 4) is 0 Å². The van der Waals surface area contributed by atoms with E-state index in [1.54, 1.807) is 13.0 Å². The number of nitrogens with one attached hydrogen (secondary N) is 1. The quantitative estimate of drug-likeness (QED) is 0.897. The lowest BCUT2D eigenvalue weighted by molar-refractivity contribution is -0.122. The molecule has 1 aliphatic carbocycles. The van der Waals surface area contributed by atoms with Crippen LogP contribution in [0.4, 0.5) is 5.82 Å². The van der Waals surface area contributed by atoms with Crippen LogP contribution < -0.4 is 5.32 Å². The molecule has 0 bridgehead atoms. The third-order valence-corrected chi connectivity index (χ3v) is 4.76. The Morgan fingerprint density at radius 2 is 2.25 bits per heavy atom. The van der Waals surface area contributed by atoms with E-state index in [9.17, 15) is 4.79 Å². The molecule has 1 atom stereocenters. The van der Waals surface area contributed by atoms with Crippen LogP contribution in [-0.2, 0) is 17.9 Å². The number of aromatic nitrogens is 4. The largest absolute Gasteiger partial charge is 0.360 e. The van der Waals surface area contributed by atoms with Gasteiger partial charge in [-0.3, -0.25) is 9.69 Å². The highest BCUT2D eigenvalue weighted by Crippen LogP contribution is 2.39. The number of anilines is 1. The van der Waals surface area contributed by atoms with Crippen LogP contribution in [0, 0.1) is 6.92 Å². The van der Waals surface area contributed by atoms with Crippen molar-refractivity contribution in [2.75, 3.05) is 11.9 Å². The first-order valence-corrected chi connectivity index (χ1v) is 8.56. The van der Waals surface area contributed by atoms with Gasteiger partial charge in [0.05, 0.1) is 12.6 Å². The summed E-state index contributed by atoms with van der Waals surface area (Å²) in [6.07, 6.45) is 3.17. The molecule has 8 nitrogen and oxygen atoms in total. The molecule has 1 N–H and O–H groups in total. The zero-order valence-electron chi connectivity index (χ0n) is 14.0. The lowest BCUT2D eigenvalue weighted by atomic mass is 10.1. The van der Waals surface area contributed by atoms with Gasteiger partial charge < -0.3 is 14.4 Å². The van der Waals surface area contributed by atoms with Crippen LogP contribution in [0.3, 0.4) is 0 Å². The molecule has 1 fully saturated rings. The van der Waals surface area contributed by atoms with E-state index >= 15 is 0 Å². The zero-order valence-corrected chi connectivity index (χ0v) is 14.0. The first kappa shape index (κ1) is 15.3. The van der Waals surface area contributed by atoms with E-state index in [0.717, 1.165) is 31.2 Å². The molecule has 2 aliphatic rings. The standard InChI is InChI=1S/C16H22N6O2/c1-3-12(16(23)17-13-8-10(2)24-20-13)21-6-7-22-14(9-21)18-19-15(22)11-4-5-11/h8,11-12H,3-7,9H2,1-2H3,(H,17,20,23). The zero-order chi connectivity index (χ0) is 16.7. The number of hydrogen-bond acceptors (Lipinski definition) is 6. The van der Waals surface area contributed by atoms with E-state index in [1.165, 1.54) is 12.8 Å². The maximum Gasteiger partial charge on any atom is 0.242 e. The van der Waals surface area contributed by atoms with Gasteiger partial charge in [0.2, 0.25) is 5.91 Å². The molecule has 0 radical (unpaired) electrons. The summed E-state index contributed by atoms with van der Waals surface area (Å²) in [4.78, 5) is 14.8. The summed E-state index contributed by atoms with van der Waals surface area (Å²) in [6.45, 7) is 6.15. The van der Waals surface area contributed by atoms with Crippen LogP contribution in [0.1, 0.15) is 49.5 Å². The van der Waals surface area contributed by atoms with Crippen molar-refractivity contribution < 1.29 is 9.32 Å². The van der Waals surface area contributed by atoms with Crippen molar-refractivity contribution in [3.05, 3.63) is 23.5 Å². The molecule has 1 amide bonds. The molecular weight excluding hydrogens is 308 g/mol. The number of nitrogens with zero attached hydrogens (tertiary/aromatic N) is 5. The van der Waals surface area contributed by atoms with E-state index in [-0.39, 0.29) is 11.9 Å². The summed E-state index contributed by atoms with van der Waals surface area (Å²) >= 11 is 0. The Bertz CT molecular complexity index is 748. The Hall–Kier alpha value is -2.22. The topological polar surface area (TPSA) is 89.1 Å². The lowest BCUT2D eigenvalue weighted by Gasteiger charge is -2.33. The van der Waals surface area contributed by atoms with Crippen LogP contribution >= 0.6 is 0 Å². The Kier molecular flexibility index (Phi) is 3.84. The molecule has 2 aromatic heterocycles. The first-order chi connectivity index (χ1) is 11.7. The molecule has 0 saturated heterocycles. The number of aryl methyl sites for hydroxylation is 1. The molecule has 0 aromatic carbocycles. The highest BCUT2D eigenvalue weighted by Gasteiger charge is 2.34. The Labute approximate surface area is 140 Å². The van der Waals surface area contributed by atoms with Gasteiger partial charge in [0.1, 0.15) is 17.4 Å². The van der Waals surface area contributed by atoms with E-state index in [2.05, 4.69) is 30.1 Å². The van der Waals surface area contributed by atoms with Gasteiger partial charge in [-0.2, -0.15) is 0 Å². The van der Waals surface area contributed by atoms with Gasteiger partial charge in [-0.15, -0.1) is 10.2 Å². The fourth-order valence-corrected chi connectivity index (χ4v) is 3.35. The number of amides is 1. The van der Waals surface area contributed by atoms with Gasteiger partial charge in [-0.1, -0.05) is 12.1 Å². The van der Waals surface area contributed by atoms with Crippen molar-refractivity contribution in [3.63, 3.8) is 0 Å². The monoisotopic (exact) mass is 330 g/mol. The SMILES string of the molecule is CCC(C(=O)Nc1cc(C)on1)N1CCn2c(nnc2C2CC2)C1. The molecule has 128 valence electrons. The Morgan fingerprint density at radius 3 is 2.92 bits per heavy atom. The predicted molar refractivity (Wildman–Crippen MR) is 86.4 cm³/mol. The van der Waals surface area contributed by atoms with Crippen LogP contribution in [0.15, 0.2) is 10.6 Å². The molecule has 8 heteroatoms. The minimum Gasteiger partial charge on any atom is -0.360 e. The van der Waals surface area contributed by atoms with Crippen molar-refractivity contribution >= 4 is 11.7 Å². The van der Waals surface area contributed by atoms with E-state index < -0.39 is 0 Å². The lowest BCUT2D eigenvalue weighted by Crippen LogP contribution is -2.47. The third-order valence-electron chi connectivity index (χ3n) is 4.76. The third kappa shape index (κ3) is 2.82. The second-order valence-corrected chi connectivity index (χ2v) is 6.61. The fourth-order valence-electron chi connectivity index (χ4n) is 3.35. The summed E-state index contributed by atoms with van der Waals surface area (Å²) in [6, 6.07) is 1.51. The normalized spacial score (nSPS) is 19.1. The van der Waals surface area contributed by atoms with Crippen LogP contribution in [-0.4, -0.2) is 43.3 Å². The van der Waals surface area contributed by atoms with E-state index in [0.29, 0.717) is 24.0 Å². The molecule has 24 heavy (non-hydrogen) atoms. The van der Waals surface area contributed by atoms with Crippen molar-refractivity contribution in [1.29, 1.82) is 0 Å². The van der Waals surface area contributed by atoms with Gasteiger partial charge >= 0.3 is 0 Å². The highest BCUT2D eigenvalue weighted by atomic mass is 16.5. The smallest absolute Gasteiger partial charge is 0.242 e. The maximum absolute atomic E-state index is 12.6. The average Bonchev–Trinajstić information content (AvgIpc) is 3.20. The molecule has 1 saturated carbocycles. The first-order valence-electron chi connectivity index (χ1n) is 8.56. The van der Waals surface area contributed by atoms with Gasteiger partial charge in [0, 0.05) is 25.1 Å². The summed E-state index contributed by atoms with van der Waals surface area (Å²) in [5.41, 5.74) is 0. The maximum atomic E-state index is 12.6. The van der Waals surface area contributed by atoms with Crippen LogP contribution in [0.2, 0.25) is 0 Å². The average molecular weight is 330 g/mol. The molecule has 2 aromatic rings. The summed E-state index contributed by atoms with van der Waals surface area (Å²) in [7, 11) is 0. The van der Waals surface area contributed by atoms with E-state index in [1.807, 2.05) is 6.92 Å². The molecular formula is C16H22N6O2. The number of rotatable bonds is 5. The molecule has 4 rings (SSSR count). The predicted octanol–water partition coefficient (Wildman–Crippen LogP) is 1.68. The molecule has 1 unspecified atom stereocenters. The second kappa shape index (κ2) is 6.01. The molecule has 1 aliphatic heterocycles. The van der Waals surface area contributed by atoms with Gasteiger partial charge in [-0.25, -0.2) is 0 Å². The Morgan fingerprint density at radius 1 is 1.42 bits per heavy atom. The summed E-state index contributed by atoms with van der Waals surface area (Å²) < 4.78 is 7.24. The summed E-state index contributed by atoms with van der Waals surface area (Å²) in [5, 5.41) is 15.4. The summed E-state index contributed by atoms with van der Waals surface area (Å²) in [5.74, 6) is 3.77. The molecule has 3 heterocycles. The number of hydrogen-bond donors (Lipinski definition) is 1. The number of carbonyl (C=O) groups excluding carboxylic acids is 1. The van der Waals surface area contributed by atoms with Crippen LogP contribution in [0.5, 0.6) is 0 Å². The van der Waals surface area contributed by atoms with Gasteiger partial charge in [0.15, 0.2) is 5.82 Å². The minimum absolute atomic E-state index is 0.0545. The van der Waals surface area contributed by atoms with Crippen molar-refractivity contribution in [1.82, 2.24) is 24.8 Å². The van der Waals surface area contributed by atoms with Crippen molar-refractivity contribution in [2.24, 2.45) is 0 Å². The van der Waals surface area contributed by atoms with E-state index in [4.69, 9.17) is 4.52 Å². The van der Waals surface area contributed by atoms with Gasteiger partial charge in [0.25, 0.3) is 0 Å². The van der Waals surface area contributed by atoms with Crippen LogP contribution in [0.25, 0.3) is 0 Å². The number of fused-ring (bicyclic) bond motifs is 1. The van der Waals surface area contributed by atoms with Crippen molar-refractivity contribution in [2.45, 2.75) is 58.2 Å². The molecule has 0 spiro atoms. The Balaban J connectivity index is 1.46. The minimum atomic E-state index is -0.211. The highest BCUT2D eigenvalue weighted by molar-refractivity contribution is 5.93. The number of carbonyl (C=O) groups is 1.